The van der Waals surface area contributed by atoms with Crippen LogP contribution >= 0.6 is 0 Å². The minimum Gasteiger partial charge on any atom is -0.367 e. The molecule has 0 spiro atoms. The summed E-state index contributed by atoms with van der Waals surface area (Å²) in [6, 6.07) is 5.64. The first kappa shape index (κ1) is 22.8. The van der Waals surface area contributed by atoms with Gasteiger partial charge in [0.15, 0.2) is 11.6 Å². The second kappa shape index (κ2) is 8.84. The number of alkyl halides is 3. The number of anilines is 2. The summed E-state index contributed by atoms with van der Waals surface area (Å²) in [4.78, 5) is 10.2. The van der Waals surface area contributed by atoms with Gasteiger partial charge in [-0.15, -0.1) is 0 Å². The summed E-state index contributed by atoms with van der Waals surface area (Å²) in [6.07, 6.45) is 0.585. The van der Waals surface area contributed by atoms with Gasteiger partial charge >= 0.3 is 6.18 Å². The van der Waals surface area contributed by atoms with E-state index in [0.29, 0.717) is 37.0 Å². The first-order valence-corrected chi connectivity index (χ1v) is 11.1. The van der Waals surface area contributed by atoms with Crippen LogP contribution in [0.15, 0.2) is 30.6 Å². The fourth-order valence-corrected chi connectivity index (χ4v) is 4.77. The minimum atomic E-state index is -4.39. The van der Waals surface area contributed by atoms with Crippen LogP contribution in [0, 0.1) is 11.7 Å². The van der Waals surface area contributed by atoms with Gasteiger partial charge in [0.2, 0.25) is 5.82 Å². The summed E-state index contributed by atoms with van der Waals surface area (Å²) in [5.41, 5.74) is -0.640. The lowest BCUT2D eigenvalue weighted by atomic mass is 9.88. The van der Waals surface area contributed by atoms with Crippen molar-refractivity contribution in [1.82, 2.24) is 15.3 Å². The lowest BCUT2D eigenvalue weighted by Crippen LogP contribution is -2.40. The summed E-state index contributed by atoms with van der Waals surface area (Å²) >= 11 is 0. The van der Waals surface area contributed by atoms with Crippen molar-refractivity contribution in [3.05, 3.63) is 47.5 Å². The van der Waals surface area contributed by atoms with Crippen LogP contribution in [0.4, 0.5) is 29.2 Å². The van der Waals surface area contributed by atoms with Gasteiger partial charge in [-0.25, -0.2) is 9.97 Å². The highest BCUT2D eigenvalue weighted by atomic mass is 19.4. The molecule has 0 aliphatic carbocycles. The quantitative estimate of drug-likeness (QED) is 0.630. The summed E-state index contributed by atoms with van der Waals surface area (Å²) in [5.74, 6) is 0.214. The molecular weight excluding hydrogens is 422 g/mol. The van der Waals surface area contributed by atoms with E-state index in [1.807, 2.05) is 11.8 Å². The molecule has 4 rings (SSSR count). The van der Waals surface area contributed by atoms with Crippen molar-refractivity contribution < 1.29 is 17.6 Å². The van der Waals surface area contributed by atoms with Gasteiger partial charge in [0, 0.05) is 19.1 Å². The van der Waals surface area contributed by atoms with Crippen molar-refractivity contribution in [3.63, 3.8) is 0 Å². The molecule has 2 aromatic rings. The standard InChI is InChI=1S/C23H29F4N5/c1-15-4-5-16(12-28-15)13-29-20-19(24)21(31-14-30-20)32-11-3-10-22(32,2)17-6-8-18(9-7-17)23(25,26)27/h6-9,14-16,28H,3-5,10-13H2,1-2H3,(H,29,30,31). The van der Waals surface area contributed by atoms with Crippen LogP contribution in [0.5, 0.6) is 0 Å². The molecule has 0 amide bonds. The predicted octanol–water partition coefficient (Wildman–Crippen LogP) is 4.95. The van der Waals surface area contributed by atoms with Gasteiger partial charge in [0.05, 0.1) is 11.1 Å². The van der Waals surface area contributed by atoms with Crippen molar-refractivity contribution in [2.45, 2.75) is 57.3 Å². The molecule has 0 radical (unpaired) electrons. The zero-order valence-electron chi connectivity index (χ0n) is 18.3. The average molecular weight is 452 g/mol. The highest BCUT2D eigenvalue weighted by Gasteiger charge is 2.41. The highest BCUT2D eigenvalue weighted by molar-refractivity contribution is 5.55. The summed E-state index contributed by atoms with van der Waals surface area (Å²) in [6.45, 7) is 6.14. The number of hydrogen-bond donors (Lipinski definition) is 2. The molecule has 0 saturated carbocycles. The molecule has 9 heteroatoms. The molecule has 0 bridgehead atoms. The van der Waals surface area contributed by atoms with E-state index >= 15 is 4.39 Å². The summed E-state index contributed by atoms with van der Waals surface area (Å²) < 4.78 is 54.3. The van der Waals surface area contributed by atoms with Crippen molar-refractivity contribution >= 4 is 11.6 Å². The second-order valence-corrected chi connectivity index (χ2v) is 9.10. The Morgan fingerprint density at radius 1 is 1.19 bits per heavy atom. The van der Waals surface area contributed by atoms with E-state index in [2.05, 4.69) is 27.5 Å². The SMILES string of the molecule is CC1CCC(CNc2ncnc(N3CCCC3(C)c3ccc(C(F)(F)F)cc3)c2F)CN1. The van der Waals surface area contributed by atoms with Crippen LogP contribution in [-0.4, -0.2) is 35.6 Å². The lowest BCUT2D eigenvalue weighted by molar-refractivity contribution is -0.137. The highest BCUT2D eigenvalue weighted by Crippen LogP contribution is 2.43. The topological polar surface area (TPSA) is 53.1 Å². The molecule has 2 aliphatic heterocycles. The number of piperidine rings is 1. The fraction of sp³-hybridized carbons (Fsp3) is 0.565. The number of rotatable bonds is 5. The van der Waals surface area contributed by atoms with Gasteiger partial charge in [-0.3, -0.25) is 0 Å². The van der Waals surface area contributed by atoms with Gasteiger partial charge in [0.1, 0.15) is 6.33 Å². The van der Waals surface area contributed by atoms with E-state index in [1.165, 1.54) is 18.5 Å². The van der Waals surface area contributed by atoms with E-state index in [4.69, 9.17) is 0 Å². The molecule has 3 heterocycles. The van der Waals surface area contributed by atoms with Crippen LogP contribution < -0.4 is 15.5 Å². The maximum atomic E-state index is 15.4. The number of benzene rings is 1. The Hall–Kier alpha value is -2.42. The first-order valence-electron chi connectivity index (χ1n) is 11.1. The first-order chi connectivity index (χ1) is 15.2. The molecule has 5 nitrogen and oxygen atoms in total. The van der Waals surface area contributed by atoms with Crippen LogP contribution in [0.2, 0.25) is 0 Å². The molecule has 1 aromatic heterocycles. The van der Waals surface area contributed by atoms with Gasteiger partial charge < -0.3 is 15.5 Å². The molecular formula is C23H29F4N5. The van der Waals surface area contributed by atoms with E-state index in [0.717, 1.165) is 37.9 Å². The number of aromatic nitrogens is 2. The molecule has 32 heavy (non-hydrogen) atoms. The number of hydrogen-bond acceptors (Lipinski definition) is 5. The zero-order valence-corrected chi connectivity index (χ0v) is 18.3. The zero-order chi connectivity index (χ0) is 22.9. The smallest absolute Gasteiger partial charge is 0.367 e. The van der Waals surface area contributed by atoms with Gasteiger partial charge in [-0.2, -0.15) is 17.6 Å². The molecule has 3 atom stereocenters. The maximum absolute atomic E-state index is 15.4. The Morgan fingerprint density at radius 3 is 2.59 bits per heavy atom. The Labute approximate surface area is 185 Å². The van der Waals surface area contributed by atoms with Gasteiger partial charge in [-0.05, 0) is 69.7 Å². The average Bonchev–Trinajstić information content (AvgIpc) is 3.16. The largest absolute Gasteiger partial charge is 0.416 e. The second-order valence-electron chi connectivity index (χ2n) is 9.10. The van der Waals surface area contributed by atoms with Crippen molar-refractivity contribution in [2.24, 2.45) is 5.92 Å². The van der Waals surface area contributed by atoms with Crippen molar-refractivity contribution in [3.8, 4) is 0 Å². The third-order valence-electron chi connectivity index (χ3n) is 6.82. The molecule has 3 unspecified atom stereocenters. The number of nitrogens with zero attached hydrogens (tertiary/aromatic N) is 3. The third-order valence-corrected chi connectivity index (χ3v) is 6.82. The molecule has 2 fully saturated rings. The van der Waals surface area contributed by atoms with E-state index in [1.54, 1.807) is 0 Å². The van der Waals surface area contributed by atoms with Gasteiger partial charge in [-0.1, -0.05) is 12.1 Å². The van der Waals surface area contributed by atoms with Gasteiger partial charge in [0.25, 0.3) is 0 Å². The molecule has 174 valence electrons. The fourth-order valence-electron chi connectivity index (χ4n) is 4.77. The predicted molar refractivity (Wildman–Crippen MR) is 116 cm³/mol. The molecule has 2 aliphatic rings. The van der Waals surface area contributed by atoms with E-state index in [9.17, 15) is 13.2 Å². The van der Waals surface area contributed by atoms with Crippen LogP contribution in [0.25, 0.3) is 0 Å². The lowest BCUT2D eigenvalue weighted by Gasteiger charge is -2.37. The molecule has 1 aromatic carbocycles. The number of nitrogens with one attached hydrogen (secondary N) is 2. The third kappa shape index (κ3) is 4.53. The Bertz CT molecular complexity index is 925. The van der Waals surface area contributed by atoms with Crippen molar-refractivity contribution in [2.75, 3.05) is 29.9 Å². The maximum Gasteiger partial charge on any atom is 0.416 e. The summed E-state index contributed by atoms with van der Waals surface area (Å²) in [7, 11) is 0. The number of halogens is 4. The van der Waals surface area contributed by atoms with E-state index < -0.39 is 23.1 Å². The normalized spacial score (nSPS) is 26.4. The minimum absolute atomic E-state index is 0.162. The van der Waals surface area contributed by atoms with Crippen molar-refractivity contribution in [1.29, 1.82) is 0 Å². The van der Waals surface area contributed by atoms with Crippen LogP contribution in [0.3, 0.4) is 0 Å². The molecule has 2 saturated heterocycles. The Morgan fingerprint density at radius 2 is 1.94 bits per heavy atom. The Balaban J connectivity index is 1.54. The van der Waals surface area contributed by atoms with Crippen LogP contribution in [-0.2, 0) is 11.7 Å². The van der Waals surface area contributed by atoms with E-state index in [-0.39, 0.29) is 11.6 Å². The monoisotopic (exact) mass is 451 g/mol. The van der Waals surface area contributed by atoms with Crippen LogP contribution in [0.1, 0.15) is 50.7 Å². The summed E-state index contributed by atoms with van der Waals surface area (Å²) in [5, 5.41) is 6.57. The Kier molecular flexibility index (Phi) is 6.29. The molecule has 2 N–H and O–H groups in total.